The second-order valence-electron chi connectivity index (χ2n) is 6.01. The summed E-state index contributed by atoms with van der Waals surface area (Å²) in [5.41, 5.74) is 5.32. The molecule has 1 aliphatic rings. The molecule has 0 spiro atoms. The van der Waals surface area contributed by atoms with Crippen molar-refractivity contribution >= 4 is 17.3 Å². The van der Waals surface area contributed by atoms with Crippen molar-refractivity contribution in [2.75, 3.05) is 5.73 Å². The Labute approximate surface area is 133 Å². The standard InChI is InChI=1S/C17H18ClNO3/c1-9-4-2-3-5-12(9)22-13-8-10(18)6-7-11(13)14-15(19)17(21)16(14)20/h6-9,12H,2-5,19H2,1H3. The first-order chi connectivity index (χ1) is 10.5. The molecule has 1 aliphatic carbocycles. The second-order valence-corrected chi connectivity index (χ2v) is 6.44. The zero-order valence-corrected chi connectivity index (χ0v) is 13.2. The molecule has 0 radical (unpaired) electrons. The number of nitrogens with two attached hydrogens (primary N) is 1. The molecule has 0 heterocycles. The van der Waals surface area contributed by atoms with E-state index in [9.17, 15) is 9.59 Å². The molecule has 2 N–H and O–H groups in total. The van der Waals surface area contributed by atoms with E-state index in [0.29, 0.717) is 22.3 Å². The maximum absolute atomic E-state index is 11.8. The average Bonchev–Trinajstić information content (AvgIpc) is 2.51. The van der Waals surface area contributed by atoms with Crippen LogP contribution in [0.3, 0.4) is 0 Å². The van der Waals surface area contributed by atoms with Crippen molar-refractivity contribution < 1.29 is 4.74 Å². The molecule has 22 heavy (non-hydrogen) atoms. The number of hydrogen-bond acceptors (Lipinski definition) is 4. The predicted molar refractivity (Wildman–Crippen MR) is 88.3 cm³/mol. The lowest BCUT2D eigenvalue weighted by molar-refractivity contribution is 0.103. The number of rotatable bonds is 3. The van der Waals surface area contributed by atoms with Gasteiger partial charge >= 0.3 is 0 Å². The number of anilines is 1. The molecule has 0 bridgehead atoms. The first-order valence-electron chi connectivity index (χ1n) is 7.54. The Morgan fingerprint density at radius 1 is 1.18 bits per heavy atom. The Morgan fingerprint density at radius 3 is 2.59 bits per heavy atom. The summed E-state index contributed by atoms with van der Waals surface area (Å²) in [6.45, 7) is 2.17. The molecule has 0 aromatic heterocycles. The van der Waals surface area contributed by atoms with Gasteiger partial charge in [-0.2, -0.15) is 0 Å². The Kier molecular flexibility index (Phi) is 3.96. The maximum Gasteiger partial charge on any atom is 0.249 e. The van der Waals surface area contributed by atoms with Crippen LogP contribution < -0.4 is 21.3 Å². The molecule has 5 heteroatoms. The number of benzene rings is 1. The Balaban J connectivity index is 1.98. The zero-order chi connectivity index (χ0) is 15.9. The maximum atomic E-state index is 11.8. The molecule has 2 aromatic carbocycles. The third kappa shape index (κ3) is 2.52. The fraction of sp³-hybridized carbons (Fsp3) is 0.412. The fourth-order valence-corrected chi connectivity index (χ4v) is 3.26. The smallest absolute Gasteiger partial charge is 0.249 e. The van der Waals surface area contributed by atoms with Crippen LogP contribution in [0.25, 0.3) is 11.1 Å². The van der Waals surface area contributed by atoms with Gasteiger partial charge in [0.2, 0.25) is 10.9 Å². The van der Waals surface area contributed by atoms with Crippen molar-refractivity contribution in [3.8, 4) is 16.9 Å². The summed E-state index contributed by atoms with van der Waals surface area (Å²) < 4.78 is 6.13. The first kappa shape index (κ1) is 15.1. The van der Waals surface area contributed by atoms with Crippen LogP contribution in [0.2, 0.25) is 5.02 Å². The summed E-state index contributed by atoms with van der Waals surface area (Å²) in [4.78, 5) is 23.2. The zero-order valence-electron chi connectivity index (χ0n) is 12.4. The van der Waals surface area contributed by atoms with Crippen LogP contribution in [0.1, 0.15) is 32.6 Å². The van der Waals surface area contributed by atoms with E-state index in [1.54, 1.807) is 18.2 Å². The van der Waals surface area contributed by atoms with E-state index < -0.39 is 10.9 Å². The molecule has 2 unspecified atom stereocenters. The number of halogens is 1. The van der Waals surface area contributed by atoms with Gasteiger partial charge in [0.1, 0.15) is 11.9 Å². The Morgan fingerprint density at radius 2 is 1.91 bits per heavy atom. The van der Waals surface area contributed by atoms with Crippen molar-refractivity contribution in [1.29, 1.82) is 0 Å². The molecule has 0 saturated heterocycles. The van der Waals surface area contributed by atoms with Gasteiger partial charge in [-0.05, 0) is 43.4 Å². The predicted octanol–water partition coefficient (Wildman–Crippen LogP) is 3.14. The fourth-order valence-electron chi connectivity index (χ4n) is 3.10. The lowest BCUT2D eigenvalue weighted by Crippen LogP contribution is -2.36. The summed E-state index contributed by atoms with van der Waals surface area (Å²) in [6, 6.07) is 5.05. The van der Waals surface area contributed by atoms with Crippen molar-refractivity contribution in [2.45, 2.75) is 38.7 Å². The summed E-state index contributed by atoms with van der Waals surface area (Å²) in [5, 5.41) is 0.527. The van der Waals surface area contributed by atoms with Crippen molar-refractivity contribution in [1.82, 2.24) is 0 Å². The molecule has 1 saturated carbocycles. The third-order valence-electron chi connectivity index (χ3n) is 4.47. The minimum atomic E-state index is -0.623. The minimum absolute atomic E-state index is 0.00821. The highest BCUT2D eigenvalue weighted by Crippen LogP contribution is 2.36. The van der Waals surface area contributed by atoms with E-state index in [4.69, 9.17) is 22.1 Å². The van der Waals surface area contributed by atoms with E-state index in [-0.39, 0.29) is 17.4 Å². The summed E-state index contributed by atoms with van der Waals surface area (Å²) in [7, 11) is 0. The molecule has 2 aromatic rings. The van der Waals surface area contributed by atoms with Gasteiger partial charge in [0.25, 0.3) is 0 Å². The van der Waals surface area contributed by atoms with E-state index in [1.807, 2.05) is 0 Å². The molecule has 3 rings (SSSR count). The highest BCUT2D eigenvalue weighted by atomic mass is 35.5. The van der Waals surface area contributed by atoms with Crippen molar-refractivity contribution in [2.24, 2.45) is 5.92 Å². The molecule has 4 nitrogen and oxygen atoms in total. The van der Waals surface area contributed by atoms with E-state index in [0.717, 1.165) is 19.3 Å². The van der Waals surface area contributed by atoms with Gasteiger partial charge in [-0.25, -0.2) is 0 Å². The van der Waals surface area contributed by atoms with Crippen LogP contribution in [0.4, 0.5) is 5.69 Å². The Bertz CT molecular complexity index is 777. The van der Waals surface area contributed by atoms with E-state index >= 15 is 0 Å². The lowest BCUT2D eigenvalue weighted by Gasteiger charge is -2.30. The van der Waals surface area contributed by atoms with E-state index in [2.05, 4.69) is 6.92 Å². The van der Waals surface area contributed by atoms with Crippen LogP contribution in [0.5, 0.6) is 5.75 Å². The van der Waals surface area contributed by atoms with Gasteiger partial charge in [-0.15, -0.1) is 0 Å². The highest BCUT2D eigenvalue weighted by molar-refractivity contribution is 6.30. The van der Waals surface area contributed by atoms with Crippen LogP contribution >= 0.6 is 11.6 Å². The lowest BCUT2D eigenvalue weighted by atomic mass is 9.88. The Hall–Kier alpha value is -1.81. The summed E-state index contributed by atoms with van der Waals surface area (Å²) in [6.07, 6.45) is 4.55. The molecule has 0 aliphatic heterocycles. The molecule has 116 valence electrons. The van der Waals surface area contributed by atoms with Crippen molar-refractivity contribution in [3.63, 3.8) is 0 Å². The summed E-state index contributed by atoms with van der Waals surface area (Å²) >= 11 is 6.06. The first-order valence-corrected chi connectivity index (χ1v) is 7.92. The third-order valence-corrected chi connectivity index (χ3v) is 4.71. The topological polar surface area (TPSA) is 69.4 Å². The van der Waals surface area contributed by atoms with Crippen molar-refractivity contribution in [3.05, 3.63) is 43.7 Å². The number of nitrogen functional groups attached to an aromatic ring is 1. The molecule has 2 atom stereocenters. The molecule has 1 fully saturated rings. The molecule has 0 amide bonds. The quantitative estimate of drug-likeness (QED) is 0.882. The average molecular weight is 320 g/mol. The molecular formula is C17H18ClNO3. The number of hydrogen-bond donors (Lipinski definition) is 1. The summed E-state index contributed by atoms with van der Waals surface area (Å²) in [5.74, 6) is 0.982. The van der Waals surface area contributed by atoms with Crippen LogP contribution in [-0.4, -0.2) is 6.10 Å². The monoisotopic (exact) mass is 319 g/mol. The van der Waals surface area contributed by atoms with Gasteiger partial charge in [-0.3, -0.25) is 9.59 Å². The minimum Gasteiger partial charge on any atom is -0.489 e. The number of ether oxygens (including phenoxy) is 1. The van der Waals surface area contributed by atoms with Crippen LogP contribution in [-0.2, 0) is 0 Å². The second kappa shape index (κ2) is 5.76. The normalized spacial score (nSPS) is 21.9. The van der Waals surface area contributed by atoms with Gasteiger partial charge in [0.05, 0.1) is 11.3 Å². The highest BCUT2D eigenvalue weighted by Gasteiger charge is 2.27. The van der Waals surface area contributed by atoms with Gasteiger partial charge < -0.3 is 10.5 Å². The van der Waals surface area contributed by atoms with Gasteiger partial charge in [0, 0.05) is 10.6 Å². The van der Waals surface area contributed by atoms with Gasteiger partial charge in [-0.1, -0.05) is 24.9 Å². The van der Waals surface area contributed by atoms with Crippen LogP contribution in [0, 0.1) is 5.92 Å². The molecular weight excluding hydrogens is 302 g/mol. The van der Waals surface area contributed by atoms with Gasteiger partial charge in [0.15, 0.2) is 0 Å². The SMILES string of the molecule is CC1CCCCC1Oc1cc(Cl)ccc1-c1c(N)c(=O)c1=O. The van der Waals surface area contributed by atoms with Crippen LogP contribution in [0.15, 0.2) is 27.8 Å². The largest absolute Gasteiger partial charge is 0.489 e. The van der Waals surface area contributed by atoms with E-state index in [1.165, 1.54) is 6.42 Å².